The summed E-state index contributed by atoms with van der Waals surface area (Å²) in [6, 6.07) is 14.2. The van der Waals surface area contributed by atoms with Gasteiger partial charge in [0.2, 0.25) is 5.91 Å². The second-order valence-corrected chi connectivity index (χ2v) is 9.77. The molecule has 0 aliphatic carbocycles. The molecule has 1 fully saturated rings. The van der Waals surface area contributed by atoms with Gasteiger partial charge in [-0.2, -0.15) is 5.10 Å². The largest absolute Gasteiger partial charge is 0.356 e. The molecule has 3 aromatic heterocycles. The normalized spacial score (nSPS) is 15.8. The first-order chi connectivity index (χ1) is 17.1. The van der Waals surface area contributed by atoms with Crippen LogP contribution in [0.4, 0.5) is 5.82 Å². The van der Waals surface area contributed by atoms with Crippen LogP contribution in [0.3, 0.4) is 0 Å². The van der Waals surface area contributed by atoms with E-state index >= 15 is 0 Å². The van der Waals surface area contributed by atoms with Crippen molar-refractivity contribution in [2.45, 2.75) is 33.1 Å². The van der Waals surface area contributed by atoms with Gasteiger partial charge in [0.15, 0.2) is 5.82 Å². The molecule has 9 heteroatoms. The van der Waals surface area contributed by atoms with Gasteiger partial charge < -0.3 is 10.2 Å². The first-order valence-electron chi connectivity index (χ1n) is 11.9. The van der Waals surface area contributed by atoms with Crippen molar-refractivity contribution >= 4 is 23.1 Å². The fourth-order valence-corrected chi connectivity index (χ4v) is 5.34. The summed E-state index contributed by atoms with van der Waals surface area (Å²) in [5, 5.41) is 10.7. The quantitative estimate of drug-likeness (QED) is 0.424. The minimum atomic E-state index is -0.0637. The second-order valence-electron chi connectivity index (χ2n) is 8.91. The van der Waals surface area contributed by atoms with E-state index in [0.29, 0.717) is 13.1 Å². The van der Waals surface area contributed by atoms with Crippen LogP contribution in [0.25, 0.3) is 16.4 Å². The Morgan fingerprint density at radius 3 is 2.77 bits per heavy atom. The van der Waals surface area contributed by atoms with Gasteiger partial charge in [0.1, 0.15) is 17.2 Å². The van der Waals surface area contributed by atoms with E-state index in [1.807, 2.05) is 48.9 Å². The topological polar surface area (TPSA) is 88.8 Å². The minimum Gasteiger partial charge on any atom is -0.356 e. The van der Waals surface area contributed by atoms with Gasteiger partial charge in [0.05, 0.1) is 17.3 Å². The fraction of sp³-hybridized carbons (Fsp3) is 0.346. The maximum Gasteiger partial charge on any atom is 0.224 e. The van der Waals surface area contributed by atoms with Crippen molar-refractivity contribution in [2.75, 3.05) is 24.5 Å². The molecule has 1 atom stereocenters. The van der Waals surface area contributed by atoms with E-state index < -0.39 is 0 Å². The Morgan fingerprint density at radius 2 is 1.97 bits per heavy atom. The molecule has 1 aliphatic rings. The van der Waals surface area contributed by atoms with E-state index in [1.54, 1.807) is 17.7 Å². The number of aryl methyl sites for hydroxylation is 2. The predicted octanol–water partition coefficient (Wildman–Crippen LogP) is 3.98. The summed E-state index contributed by atoms with van der Waals surface area (Å²) in [4.78, 5) is 28.7. The zero-order valence-electron chi connectivity index (χ0n) is 20.0. The molecule has 4 aromatic rings. The molecule has 1 aromatic carbocycles. The van der Waals surface area contributed by atoms with Crippen LogP contribution in [0.15, 0.2) is 54.2 Å². The number of thiazole rings is 1. The monoisotopic (exact) mass is 487 g/mol. The number of aromatic nitrogens is 5. The molecule has 0 saturated carbocycles. The summed E-state index contributed by atoms with van der Waals surface area (Å²) in [6.07, 6.45) is 4.13. The van der Waals surface area contributed by atoms with Gasteiger partial charge in [0, 0.05) is 48.8 Å². The minimum absolute atomic E-state index is 0.0637. The number of piperidine rings is 1. The van der Waals surface area contributed by atoms with Gasteiger partial charge in [-0.1, -0.05) is 30.3 Å². The lowest BCUT2D eigenvalue weighted by molar-refractivity contribution is -0.125. The average Bonchev–Trinajstić information content (AvgIpc) is 3.50. The Hall–Kier alpha value is -3.59. The van der Waals surface area contributed by atoms with Gasteiger partial charge >= 0.3 is 0 Å². The first-order valence-corrected chi connectivity index (χ1v) is 12.8. The van der Waals surface area contributed by atoms with E-state index in [9.17, 15) is 4.79 Å². The average molecular weight is 488 g/mol. The number of nitrogens with zero attached hydrogens (tertiary/aromatic N) is 6. The summed E-state index contributed by atoms with van der Waals surface area (Å²) in [5.74, 6) is 1.61. The van der Waals surface area contributed by atoms with Crippen molar-refractivity contribution in [2.24, 2.45) is 5.92 Å². The molecule has 4 heterocycles. The number of nitrogens with one attached hydrogen (secondary N) is 1. The Kier molecular flexibility index (Phi) is 6.85. The standard InChI is InChI=1S/C26H29N7OS/c1-18-13-19(2)33(31-18)24-14-23(28-17-29-24)32-12-6-9-21(15-32)25(34)27-11-10-22-16-35-26(30-22)20-7-4-3-5-8-20/h3-5,7-8,13-14,16-17,21H,6,9-12,15H2,1-2H3,(H,27,34)/t21-/m1/s1. The van der Waals surface area contributed by atoms with Crippen LogP contribution in [-0.4, -0.2) is 50.3 Å². The molecule has 0 unspecified atom stereocenters. The van der Waals surface area contributed by atoms with Gasteiger partial charge in [-0.05, 0) is 32.8 Å². The summed E-state index contributed by atoms with van der Waals surface area (Å²) in [6.45, 7) is 6.09. The summed E-state index contributed by atoms with van der Waals surface area (Å²) < 4.78 is 1.83. The van der Waals surface area contributed by atoms with Crippen molar-refractivity contribution in [1.29, 1.82) is 0 Å². The molecule has 1 aliphatic heterocycles. The van der Waals surface area contributed by atoms with E-state index in [0.717, 1.165) is 65.1 Å². The van der Waals surface area contributed by atoms with Crippen molar-refractivity contribution in [1.82, 2.24) is 30.0 Å². The molecule has 8 nitrogen and oxygen atoms in total. The maximum atomic E-state index is 12.9. The van der Waals surface area contributed by atoms with Crippen LogP contribution in [0.2, 0.25) is 0 Å². The molecule has 35 heavy (non-hydrogen) atoms. The van der Waals surface area contributed by atoms with Crippen LogP contribution >= 0.6 is 11.3 Å². The molecule has 1 N–H and O–H groups in total. The summed E-state index contributed by atoms with van der Waals surface area (Å²) in [7, 11) is 0. The molecule has 5 rings (SSSR count). The van der Waals surface area contributed by atoms with Crippen LogP contribution in [-0.2, 0) is 11.2 Å². The molecule has 0 spiro atoms. The number of benzene rings is 1. The van der Waals surface area contributed by atoms with Gasteiger partial charge in [-0.15, -0.1) is 11.3 Å². The zero-order chi connectivity index (χ0) is 24.2. The first kappa shape index (κ1) is 23.2. The number of hydrogen-bond donors (Lipinski definition) is 1. The lowest BCUT2D eigenvalue weighted by Crippen LogP contribution is -2.43. The van der Waals surface area contributed by atoms with Crippen molar-refractivity contribution in [3.63, 3.8) is 0 Å². The zero-order valence-corrected chi connectivity index (χ0v) is 20.8. The highest BCUT2D eigenvalue weighted by molar-refractivity contribution is 7.13. The SMILES string of the molecule is Cc1cc(C)n(-c2cc(N3CCC[C@@H](C(=O)NCCc4csc(-c5ccccc5)n4)C3)ncn2)n1. The third kappa shape index (κ3) is 5.40. The Morgan fingerprint density at radius 1 is 1.14 bits per heavy atom. The molecule has 0 bridgehead atoms. The second kappa shape index (κ2) is 10.4. The predicted molar refractivity (Wildman–Crippen MR) is 138 cm³/mol. The molecule has 0 radical (unpaired) electrons. The smallest absolute Gasteiger partial charge is 0.224 e. The van der Waals surface area contributed by atoms with E-state index in [-0.39, 0.29) is 11.8 Å². The van der Waals surface area contributed by atoms with Crippen LogP contribution < -0.4 is 10.2 Å². The third-order valence-corrected chi connectivity index (χ3v) is 7.17. The molecule has 1 saturated heterocycles. The van der Waals surface area contributed by atoms with E-state index in [1.165, 1.54) is 0 Å². The van der Waals surface area contributed by atoms with E-state index in [2.05, 4.69) is 42.8 Å². The number of anilines is 1. The lowest BCUT2D eigenvalue weighted by Gasteiger charge is -2.32. The van der Waals surface area contributed by atoms with Crippen molar-refractivity contribution in [3.8, 4) is 16.4 Å². The maximum absolute atomic E-state index is 12.9. The number of amides is 1. The van der Waals surface area contributed by atoms with Gasteiger partial charge in [0.25, 0.3) is 0 Å². The third-order valence-electron chi connectivity index (χ3n) is 6.23. The Bertz CT molecular complexity index is 1300. The molecular formula is C26H29N7OS. The highest BCUT2D eigenvalue weighted by atomic mass is 32.1. The molecule has 1 amide bonds. The number of carbonyl (C=O) groups excluding carboxylic acids is 1. The van der Waals surface area contributed by atoms with Gasteiger partial charge in [-0.25, -0.2) is 19.6 Å². The van der Waals surface area contributed by atoms with Crippen molar-refractivity contribution < 1.29 is 4.79 Å². The van der Waals surface area contributed by atoms with Crippen LogP contribution in [0.5, 0.6) is 0 Å². The molecular weight excluding hydrogens is 458 g/mol. The summed E-state index contributed by atoms with van der Waals surface area (Å²) in [5.41, 5.74) is 4.11. The Balaban J connectivity index is 1.17. The number of rotatable bonds is 7. The van der Waals surface area contributed by atoms with Gasteiger partial charge in [-0.3, -0.25) is 4.79 Å². The highest BCUT2D eigenvalue weighted by Gasteiger charge is 2.26. The van der Waals surface area contributed by atoms with Crippen LogP contribution in [0.1, 0.15) is 29.9 Å². The highest BCUT2D eigenvalue weighted by Crippen LogP contribution is 2.24. The number of carbonyl (C=O) groups is 1. The summed E-state index contributed by atoms with van der Waals surface area (Å²) >= 11 is 1.64. The fourth-order valence-electron chi connectivity index (χ4n) is 4.48. The van der Waals surface area contributed by atoms with Crippen LogP contribution in [0, 0.1) is 19.8 Å². The van der Waals surface area contributed by atoms with E-state index in [4.69, 9.17) is 4.98 Å². The molecule has 180 valence electrons. The Labute approximate surface area is 209 Å². The number of hydrogen-bond acceptors (Lipinski definition) is 7. The lowest BCUT2D eigenvalue weighted by atomic mass is 9.97. The van der Waals surface area contributed by atoms with Crippen molar-refractivity contribution in [3.05, 3.63) is 71.3 Å².